The van der Waals surface area contributed by atoms with Crippen LogP contribution < -0.4 is 0 Å². The molecule has 1 aromatic heterocycles. The molecule has 220 valence electrons. The molecule has 0 aromatic carbocycles. The lowest BCUT2D eigenvalue weighted by Gasteiger charge is -2.66. The van der Waals surface area contributed by atoms with Crippen molar-refractivity contribution in [1.29, 1.82) is 0 Å². The van der Waals surface area contributed by atoms with Gasteiger partial charge in [0.2, 0.25) is 0 Å². The number of hydrogen-bond acceptors (Lipinski definition) is 9. The molecule has 1 N–H and O–H groups in total. The summed E-state index contributed by atoms with van der Waals surface area (Å²) in [5, 5.41) is 12.3. The van der Waals surface area contributed by atoms with E-state index in [0.717, 1.165) is 5.56 Å². The van der Waals surface area contributed by atoms with Crippen molar-refractivity contribution >= 4 is 17.7 Å². The number of Topliss-reactive ketones (excluding diaryl/α,β-unsaturated/α-hetero) is 1. The lowest BCUT2D eigenvalue weighted by molar-refractivity contribution is -0.252. The number of allylic oxidation sites excluding steroid dienone is 1. The van der Waals surface area contributed by atoms with Crippen LogP contribution in [0.3, 0.4) is 0 Å². The van der Waals surface area contributed by atoms with Gasteiger partial charge in [-0.1, -0.05) is 39.8 Å². The first kappa shape index (κ1) is 26.2. The molecule has 41 heavy (non-hydrogen) atoms. The van der Waals surface area contributed by atoms with Crippen molar-refractivity contribution in [3.63, 3.8) is 0 Å². The SMILES string of the molecule is CC(C)[C@@H]1C=CC[C@@]2(C1)O[C@H]1CC(=O)OC[C@@]13[C@@H]2C(=O)[C@@H](O)[C@]1(C)[C@@H]3CC[C@@]2(C)[C@H](c3ccoc3)OC(=O)[C@H]3O[C@@]312. The highest BCUT2D eigenvalue weighted by molar-refractivity contribution is 5.92. The highest BCUT2D eigenvalue weighted by Gasteiger charge is 2.91. The minimum Gasteiger partial charge on any atom is -0.472 e. The quantitative estimate of drug-likeness (QED) is 0.324. The number of aliphatic hydroxyl groups is 1. The third-order valence-corrected chi connectivity index (χ3v) is 12.7. The van der Waals surface area contributed by atoms with Crippen molar-refractivity contribution in [3.05, 3.63) is 36.3 Å². The van der Waals surface area contributed by atoms with E-state index < -0.39 is 63.8 Å². The molecule has 12 atom stereocenters. The second-order valence-corrected chi connectivity index (χ2v) is 14.5. The van der Waals surface area contributed by atoms with Gasteiger partial charge in [0.1, 0.15) is 24.4 Å². The summed E-state index contributed by atoms with van der Waals surface area (Å²) in [7, 11) is 0. The van der Waals surface area contributed by atoms with Gasteiger partial charge in [-0.2, -0.15) is 0 Å². The van der Waals surface area contributed by atoms with Gasteiger partial charge < -0.3 is 28.5 Å². The highest BCUT2D eigenvalue weighted by Crippen LogP contribution is 2.80. The first-order valence-corrected chi connectivity index (χ1v) is 15.1. The van der Waals surface area contributed by atoms with Crippen LogP contribution in [0.4, 0.5) is 0 Å². The summed E-state index contributed by atoms with van der Waals surface area (Å²) >= 11 is 0. The van der Waals surface area contributed by atoms with Crippen molar-refractivity contribution in [2.45, 2.75) is 95.4 Å². The Kier molecular flexibility index (Phi) is 5.05. The molecule has 8 rings (SSSR count). The minimum atomic E-state index is -1.39. The maximum Gasteiger partial charge on any atom is 0.339 e. The van der Waals surface area contributed by atoms with Crippen LogP contribution in [0.1, 0.15) is 71.5 Å². The number of cyclic esters (lactones) is 2. The van der Waals surface area contributed by atoms with Gasteiger partial charge >= 0.3 is 11.9 Å². The molecule has 4 aliphatic heterocycles. The molecule has 3 spiro atoms. The molecule has 0 bridgehead atoms. The van der Waals surface area contributed by atoms with Gasteiger partial charge in [0.15, 0.2) is 11.9 Å². The molecular weight excluding hydrogens is 528 g/mol. The summed E-state index contributed by atoms with van der Waals surface area (Å²) in [6, 6.07) is 1.79. The number of carbonyl (C=O) groups excluding carboxylic acids is 3. The summed E-state index contributed by atoms with van der Waals surface area (Å²) in [5.41, 5.74) is -3.92. The molecule has 9 nitrogen and oxygen atoms in total. The first-order chi connectivity index (χ1) is 19.5. The maximum atomic E-state index is 14.8. The zero-order chi connectivity index (χ0) is 28.7. The first-order valence-electron chi connectivity index (χ1n) is 15.1. The van der Waals surface area contributed by atoms with E-state index in [9.17, 15) is 19.5 Å². The zero-order valence-electron chi connectivity index (χ0n) is 24.0. The molecule has 2 saturated carbocycles. The van der Waals surface area contributed by atoms with Crippen LogP contribution in [0.2, 0.25) is 0 Å². The number of ketones is 1. The second-order valence-electron chi connectivity index (χ2n) is 14.5. The Morgan fingerprint density at radius 1 is 1.10 bits per heavy atom. The fourth-order valence-corrected chi connectivity index (χ4v) is 11.0. The van der Waals surface area contributed by atoms with Gasteiger partial charge in [0.25, 0.3) is 0 Å². The Balaban J connectivity index is 1.30. The molecule has 0 amide bonds. The molecular formula is C32H38O9. The van der Waals surface area contributed by atoms with Gasteiger partial charge in [0, 0.05) is 21.8 Å². The summed E-state index contributed by atoms with van der Waals surface area (Å²) in [4.78, 5) is 40.9. The normalized spacial score (nSPS) is 53.1. The lowest BCUT2D eigenvalue weighted by Crippen LogP contribution is -2.76. The minimum absolute atomic E-state index is 0.0603. The number of ether oxygens (including phenoxy) is 4. The van der Waals surface area contributed by atoms with E-state index in [1.54, 1.807) is 18.6 Å². The monoisotopic (exact) mass is 566 g/mol. The van der Waals surface area contributed by atoms with Crippen LogP contribution in [-0.2, 0) is 33.3 Å². The van der Waals surface area contributed by atoms with E-state index in [4.69, 9.17) is 23.4 Å². The van der Waals surface area contributed by atoms with Crippen molar-refractivity contribution in [2.75, 3.05) is 6.61 Å². The Bertz CT molecular complexity index is 1370. The van der Waals surface area contributed by atoms with Gasteiger partial charge in [-0.3, -0.25) is 9.59 Å². The Labute approximate surface area is 238 Å². The van der Waals surface area contributed by atoms with E-state index in [1.807, 2.05) is 13.8 Å². The number of fused-ring (bicyclic) bond motifs is 2. The summed E-state index contributed by atoms with van der Waals surface area (Å²) in [5.74, 6) is -1.46. The standard InChI is InChI=1S/C32H38O9/c1-16(2)17-6-5-9-30(13-17)23-22(34)24(35)29(4)19(31(23)15-38-21(33)12-20(31)40-30)7-10-28(3)25(18-8-11-37-14-18)39-27(36)26-32(28,29)41-26/h5-6,8,11,14,16-17,19-20,23-26,35H,7,9-10,12-13,15H2,1-4H3/t17-,19+,20+,23-,24-,25+,26-,28+,29+,30+,31+,32-/m1/s1. The number of rotatable bonds is 2. The van der Waals surface area contributed by atoms with E-state index in [-0.39, 0.29) is 36.6 Å². The van der Waals surface area contributed by atoms with Crippen LogP contribution in [0.5, 0.6) is 0 Å². The number of furan rings is 1. The predicted octanol–water partition coefficient (Wildman–Crippen LogP) is 3.69. The predicted molar refractivity (Wildman–Crippen MR) is 141 cm³/mol. The molecule has 4 saturated heterocycles. The third kappa shape index (κ3) is 2.78. The number of carbonyl (C=O) groups is 3. The smallest absolute Gasteiger partial charge is 0.339 e. The van der Waals surface area contributed by atoms with E-state index in [1.165, 1.54) is 0 Å². The molecule has 1 aromatic rings. The number of hydrogen-bond donors (Lipinski definition) is 1. The average Bonchev–Trinajstić information content (AvgIpc) is 3.39. The van der Waals surface area contributed by atoms with Crippen molar-refractivity contribution in [2.24, 2.45) is 39.9 Å². The maximum absolute atomic E-state index is 14.8. The van der Waals surface area contributed by atoms with E-state index in [0.29, 0.717) is 31.6 Å². The van der Waals surface area contributed by atoms with Gasteiger partial charge in [0.05, 0.1) is 36.6 Å². The van der Waals surface area contributed by atoms with Crippen LogP contribution in [0.25, 0.3) is 0 Å². The largest absolute Gasteiger partial charge is 0.472 e. The zero-order valence-corrected chi connectivity index (χ0v) is 24.0. The fourth-order valence-electron chi connectivity index (χ4n) is 11.0. The lowest BCUT2D eigenvalue weighted by atomic mass is 9.36. The third-order valence-electron chi connectivity index (χ3n) is 12.7. The van der Waals surface area contributed by atoms with Gasteiger partial charge in [-0.05, 0) is 49.5 Å². The number of aliphatic hydroxyl groups excluding tert-OH is 1. The second kappa shape index (κ2) is 7.91. The Morgan fingerprint density at radius 3 is 2.63 bits per heavy atom. The summed E-state index contributed by atoms with van der Waals surface area (Å²) < 4.78 is 30.6. The molecule has 7 aliphatic rings. The van der Waals surface area contributed by atoms with Crippen molar-refractivity contribution in [1.82, 2.24) is 0 Å². The van der Waals surface area contributed by atoms with Gasteiger partial charge in [-0.25, -0.2) is 4.79 Å². The van der Waals surface area contributed by atoms with E-state index in [2.05, 4.69) is 26.0 Å². The molecule has 5 heterocycles. The Morgan fingerprint density at radius 2 is 1.90 bits per heavy atom. The summed E-state index contributed by atoms with van der Waals surface area (Å²) in [6.45, 7) is 8.35. The summed E-state index contributed by atoms with van der Waals surface area (Å²) in [6.07, 6.45) is 6.54. The van der Waals surface area contributed by atoms with Crippen LogP contribution in [0, 0.1) is 39.9 Å². The molecule has 6 fully saturated rings. The van der Waals surface area contributed by atoms with Gasteiger partial charge in [-0.15, -0.1) is 0 Å². The van der Waals surface area contributed by atoms with Crippen LogP contribution in [0.15, 0.2) is 35.2 Å². The molecule has 3 aliphatic carbocycles. The molecule has 9 heteroatoms. The van der Waals surface area contributed by atoms with E-state index >= 15 is 0 Å². The van der Waals surface area contributed by atoms with Crippen molar-refractivity contribution in [3.8, 4) is 0 Å². The Hall–Kier alpha value is -2.49. The van der Waals surface area contributed by atoms with Crippen LogP contribution >= 0.6 is 0 Å². The number of epoxide rings is 1. The average molecular weight is 567 g/mol. The highest BCUT2D eigenvalue weighted by atomic mass is 16.7. The fraction of sp³-hybridized carbons (Fsp3) is 0.719. The van der Waals surface area contributed by atoms with Crippen molar-refractivity contribution < 1.29 is 42.9 Å². The number of esters is 2. The molecule has 0 unspecified atom stereocenters. The molecule has 0 radical (unpaired) electrons. The van der Waals surface area contributed by atoms with Crippen LogP contribution in [-0.4, -0.2) is 58.9 Å². The topological polar surface area (TPSA) is 125 Å².